The third-order valence-corrected chi connectivity index (χ3v) is 6.18. The van der Waals surface area contributed by atoms with Gasteiger partial charge in [0.05, 0.1) is 27.6 Å². The van der Waals surface area contributed by atoms with Gasteiger partial charge in [-0.1, -0.05) is 0 Å². The maximum atomic E-state index is 12.8. The number of fused-ring (bicyclic) bond motifs is 1. The minimum absolute atomic E-state index is 0.211. The summed E-state index contributed by atoms with van der Waals surface area (Å²) in [7, 11) is 5.38. The molecular formula is C30H27N6O2+. The Morgan fingerprint density at radius 3 is 2.13 bits per heavy atom. The first-order valence-electron chi connectivity index (χ1n) is 12.1. The third kappa shape index (κ3) is 5.49. The number of carbonyl (C=O) groups excluding carboxylic acids is 1. The van der Waals surface area contributed by atoms with E-state index >= 15 is 0 Å². The molecule has 1 amide bonds. The first-order valence-corrected chi connectivity index (χ1v) is 12.1. The smallest absolute Gasteiger partial charge is 0.256 e. The number of carbonyl (C=O) groups is 1. The zero-order valence-corrected chi connectivity index (χ0v) is 21.4. The highest BCUT2D eigenvalue weighted by atomic mass is 16.3. The lowest BCUT2D eigenvalue weighted by Gasteiger charge is -2.07. The largest absolute Gasteiger partial charge is 0.357 e. The van der Waals surface area contributed by atoms with E-state index in [2.05, 4.69) is 10.3 Å². The van der Waals surface area contributed by atoms with Crippen LogP contribution in [0.5, 0.6) is 0 Å². The molecule has 0 saturated heterocycles. The molecule has 188 valence electrons. The number of aryl methyl sites for hydroxylation is 2. The second-order valence-corrected chi connectivity index (χ2v) is 9.00. The summed E-state index contributed by atoms with van der Waals surface area (Å²) in [6, 6.07) is 25.8. The maximum Gasteiger partial charge on any atom is 0.256 e. The van der Waals surface area contributed by atoms with E-state index in [9.17, 15) is 9.70 Å². The summed E-state index contributed by atoms with van der Waals surface area (Å²) < 4.78 is 4.76. The van der Waals surface area contributed by atoms with Crippen LogP contribution in [0, 0.1) is 4.91 Å². The van der Waals surface area contributed by atoms with Gasteiger partial charge in [0.25, 0.3) is 11.6 Å². The molecule has 0 fully saturated rings. The van der Waals surface area contributed by atoms with Crippen LogP contribution in [0.2, 0.25) is 0 Å². The monoisotopic (exact) mass is 503 g/mol. The topological polar surface area (TPSA) is 83.8 Å². The quantitative estimate of drug-likeness (QED) is 0.331. The average Bonchev–Trinajstić information content (AvgIpc) is 2.93. The van der Waals surface area contributed by atoms with Crippen LogP contribution in [0.1, 0.15) is 10.4 Å². The van der Waals surface area contributed by atoms with Crippen molar-refractivity contribution < 1.29 is 9.55 Å². The van der Waals surface area contributed by atoms with Crippen LogP contribution in [0.15, 0.2) is 114 Å². The van der Waals surface area contributed by atoms with Crippen molar-refractivity contribution in [2.45, 2.75) is 0 Å². The Kier molecular flexibility index (Phi) is 6.78. The van der Waals surface area contributed by atoms with Crippen LogP contribution in [0.25, 0.3) is 10.9 Å². The van der Waals surface area contributed by atoms with Gasteiger partial charge in [-0.15, -0.1) is 0 Å². The lowest BCUT2D eigenvalue weighted by atomic mass is 10.1. The number of anilines is 1. The molecule has 8 nitrogen and oxygen atoms in total. The Bertz CT molecular complexity index is 1780. The predicted octanol–water partition coefficient (Wildman–Crippen LogP) is 5.27. The molecule has 0 aliphatic rings. The lowest BCUT2D eigenvalue weighted by Crippen LogP contribution is -2.11. The summed E-state index contributed by atoms with van der Waals surface area (Å²) in [5.74, 6) is -0.211. The maximum absolute atomic E-state index is 12.8. The number of rotatable bonds is 5. The Morgan fingerprint density at radius 2 is 1.45 bits per heavy atom. The van der Waals surface area contributed by atoms with Crippen LogP contribution in [-0.2, 0) is 14.1 Å². The first kappa shape index (κ1) is 24.6. The molecule has 8 heteroatoms. The molecule has 0 spiro atoms. The van der Waals surface area contributed by atoms with Gasteiger partial charge in [-0.3, -0.25) is 4.79 Å². The fraction of sp³-hybridized carbons (Fsp3) is 0.100. The van der Waals surface area contributed by atoms with Crippen molar-refractivity contribution in [1.29, 1.82) is 0 Å². The third-order valence-electron chi connectivity index (χ3n) is 6.18. The fourth-order valence-corrected chi connectivity index (χ4v) is 4.05. The number of nitrogens with one attached hydrogen (secondary N) is 1. The summed E-state index contributed by atoms with van der Waals surface area (Å²) in [6.45, 7) is 0. The van der Waals surface area contributed by atoms with Crippen molar-refractivity contribution in [3.05, 3.63) is 125 Å². The molecular weight excluding hydrogens is 476 g/mol. The lowest BCUT2D eigenvalue weighted by molar-refractivity contribution is -0.428. The number of pyridine rings is 2. The van der Waals surface area contributed by atoms with E-state index in [-0.39, 0.29) is 5.91 Å². The SMILES string of the molecule is Cn1ccc(=Nc2ccc(NC(=O)c3ccc(N=c4ccn(C)c5ccc([N+](C)=O)cc45)cc3)cc2)cc1. The van der Waals surface area contributed by atoms with Crippen molar-refractivity contribution in [3.63, 3.8) is 0 Å². The van der Waals surface area contributed by atoms with Crippen molar-refractivity contribution in [1.82, 2.24) is 9.13 Å². The molecule has 0 bridgehead atoms. The Morgan fingerprint density at radius 1 is 0.789 bits per heavy atom. The number of hydrogen-bond acceptors (Lipinski definition) is 4. The number of benzene rings is 3. The van der Waals surface area contributed by atoms with Crippen molar-refractivity contribution >= 4 is 39.6 Å². The van der Waals surface area contributed by atoms with Crippen LogP contribution in [0.3, 0.4) is 0 Å². The minimum atomic E-state index is -0.211. The number of nitroso groups, excluding NO2 is 1. The van der Waals surface area contributed by atoms with Crippen molar-refractivity contribution in [2.75, 3.05) is 12.4 Å². The molecule has 0 unspecified atom stereocenters. The number of aromatic nitrogens is 2. The highest BCUT2D eigenvalue weighted by molar-refractivity contribution is 6.04. The van der Waals surface area contributed by atoms with E-state index in [1.165, 1.54) is 7.05 Å². The van der Waals surface area contributed by atoms with Gasteiger partial charge in [-0.05, 0) is 72.8 Å². The zero-order chi connectivity index (χ0) is 26.6. The van der Waals surface area contributed by atoms with E-state index in [0.29, 0.717) is 22.6 Å². The van der Waals surface area contributed by atoms with Gasteiger partial charge in [-0.25, -0.2) is 9.98 Å². The molecule has 0 aliphatic carbocycles. The Labute approximate surface area is 219 Å². The van der Waals surface area contributed by atoms with Gasteiger partial charge in [0, 0.05) is 71.1 Å². The molecule has 0 radical (unpaired) electrons. The molecule has 0 saturated carbocycles. The van der Waals surface area contributed by atoms with E-state index in [0.717, 1.165) is 32.1 Å². The molecule has 0 atom stereocenters. The molecule has 0 aliphatic heterocycles. The molecule has 38 heavy (non-hydrogen) atoms. The molecule has 5 rings (SSSR count). The second-order valence-electron chi connectivity index (χ2n) is 9.00. The zero-order valence-electron chi connectivity index (χ0n) is 21.4. The van der Waals surface area contributed by atoms with Gasteiger partial charge >= 0.3 is 0 Å². The molecule has 5 aromatic rings. The summed E-state index contributed by atoms with van der Waals surface area (Å²) in [6.07, 6.45) is 5.82. The molecule has 1 N–H and O–H groups in total. The van der Waals surface area contributed by atoms with Crippen molar-refractivity contribution in [3.8, 4) is 0 Å². The summed E-state index contributed by atoms with van der Waals surface area (Å²) in [4.78, 5) is 34.0. The van der Waals surface area contributed by atoms with E-state index in [1.54, 1.807) is 30.3 Å². The summed E-state index contributed by atoms with van der Waals surface area (Å²) in [5.41, 5.74) is 4.24. The van der Waals surface area contributed by atoms with Gasteiger partial charge in [0.1, 0.15) is 0 Å². The van der Waals surface area contributed by atoms with Gasteiger partial charge in [0.15, 0.2) is 7.05 Å². The predicted molar refractivity (Wildman–Crippen MR) is 149 cm³/mol. The number of nitrogens with zero attached hydrogens (tertiary/aromatic N) is 5. The molecule has 2 aromatic heterocycles. The van der Waals surface area contributed by atoms with Crippen LogP contribution < -0.4 is 16.0 Å². The molecule has 3 aromatic carbocycles. The van der Waals surface area contributed by atoms with Crippen LogP contribution in [-0.4, -0.2) is 26.8 Å². The van der Waals surface area contributed by atoms with Crippen molar-refractivity contribution in [2.24, 2.45) is 24.1 Å². The second kappa shape index (κ2) is 10.5. The van der Waals surface area contributed by atoms with Crippen LogP contribution in [0.4, 0.5) is 22.7 Å². The highest BCUT2D eigenvalue weighted by Gasteiger charge is 2.10. The fourth-order valence-electron chi connectivity index (χ4n) is 4.05. The summed E-state index contributed by atoms with van der Waals surface area (Å²) >= 11 is 0. The number of amides is 1. The van der Waals surface area contributed by atoms with E-state index < -0.39 is 0 Å². The number of hydrogen-bond donors (Lipinski definition) is 1. The van der Waals surface area contributed by atoms with Gasteiger partial charge in [-0.2, -0.15) is 0 Å². The standard InChI is InChI=1S/C30H26N6O2/c1-34-17-14-25(15-18-34)31-22-8-10-24(11-9-22)33-30(37)21-4-6-23(7-5-21)32-28-16-19-35(2)29-13-12-26(36(3)38)20-27(28)29/h4-20H,1-3H3/p+1. The first-order chi connectivity index (χ1) is 18.4. The molecule has 2 heterocycles. The van der Waals surface area contributed by atoms with Gasteiger partial charge < -0.3 is 14.5 Å². The van der Waals surface area contributed by atoms with Crippen LogP contribution >= 0.6 is 0 Å². The summed E-state index contributed by atoms with van der Waals surface area (Å²) in [5, 5.41) is 5.40. The Hall–Kier alpha value is -5.11. The highest BCUT2D eigenvalue weighted by Crippen LogP contribution is 2.20. The van der Waals surface area contributed by atoms with E-state index in [1.807, 2.05) is 96.4 Å². The van der Waals surface area contributed by atoms with E-state index in [4.69, 9.17) is 4.99 Å². The van der Waals surface area contributed by atoms with Gasteiger partial charge in [0.2, 0.25) is 0 Å². The average molecular weight is 504 g/mol. The Balaban J connectivity index is 1.34. The normalized spacial score (nSPS) is 11.4. The minimum Gasteiger partial charge on any atom is -0.357 e.